The Balaban J connectivity index is 1.54. The van der Waals surface area contributed by atoms with Crippen molar-refractivity contribution >= 4 is 23.7 Å². The molecule has 0 unspecified atom stereocenters. The van der Waals surface area contributed by atoms with Gasteiger partial charge in [-0.25, -0.2) is 9.78 Å². The Morgan fingerprint density at radius 3 is 2.61 bits per heavy atom. The fourth-order valence-corrected chi connectivity index (χ4v) is 2.85. The number of carbonyl (C=O) groups is 3. The van der Waals surface area contributed by atoms with Crippen LogP contribution in [0.15, 0.2) is 18.3 Å². The normalized spacial score (nSPS) is 18.4. The summed E-state index contributed by atoms with van der Waals surface area (Å²) in [5, 5.41) is 2.17. The van der Waals surface area contributed by atoms with Crippen LogP contribution < -0.4 is 10.2 Å². The zero-order chi connectivity index (χ0) is 16.4. The lowest BCUT2D eigenvalue weighted by molar-refractivity contribution is -0.132. The number of nitrogens with one attached hydrogen (secondary N) is 1. The van der Waals surface area contributed by atoms with E-state index in [0.717, 1.165) is 11.4 Å². The summed E-state index contributed by atoms with van der Waals surface area (Å²) in [5.74, 6) is 0.453. The Labute approximate surface area is 134 Å². The van der Waals surface area contributed by atoms with Crippen LogP contribution in [0.4, 0.5) is 10.6 Å². The number of piperazine rings is 1. The van der Waals surface area contributed by atoms with Crippen LogP contribution in [0, 0.1) is 6.92 Å². The lowest BCUT2D eigenvalue weighted by Gasteiger charge is -2.36. The SMILES string of the molecule is Cc1cccnc1N1CCN(C(=O)CN2CC(=O)NC2=O)CC1. The van der Waals surface area contributed by atoms with E-state index in [-0.39, 0.29) is 24.9 Å². The van der Waals surface area contributed by atoms with E-state index < -0.39 is 6.03 Å². The van der Waals surface area contributed by atoms with Crippen molar-refractivity contribution in [2.24, 2.45) is 0 Å². The maximum Gasteiger partial charge on any atom is 0.325 e. The maximum atomic E-state index is 12.3. The molecule has 0 spiro atoms. The molecule has 8 nitrogen and oxygen atoms in total. The molecule has 0 atom stereocenters. The first-order valence-electron chi connectivity index (χ1n) is 7.57. The Morgan fingerprint density at radius 2 is 2.00 bits per heavy atom. The van der Waals surface area contributed by atoms with Gasteiger partial charge in [0.15, 0.2) is 0 Å². The monoisotopic (exact) mass is 317 g/mol. The molecular formula is C15H19N5O3. The van der Waals surface area contributed by atoms with Crippen LogP contribution in [0.2, 0.25) is 0 Å². The van der Waals surface area contributed by atoms with Crippen molar-refractivity contribution in [1.29, 1.82) is 0 Å². The van der Waals surface area contributed by atoms with Crippen LogP contribution in [-0.2, 0) is 9.59 Å². The number of rotatable bonds is 3. The molecule has 0 aliphatic carbocycles. The van der Waals surface area contributed by atoms with Crippen LogP contribution >= 0.6 is 0 Å². The Kier molecular flexibility index (Phi) is 4.14. The van der Waals surface area contributed by atoms with Gasteiger partial charge in [-0.1, -0.05) is 6.07 Å². The molecule has 3 heterocycles. The minimum Gasteiger partial charge on any atom is -0.353 e. The van der Waals surface area contributed by atoms with Crippen molar-refractivity contribution in [3.05, 3.63) is 23.9 Å². The lowest BCUT2D eigenvalue weighted by Crippen LogP contribution is -2.51. The third-order valence-electron chi connectivity index (χ3n) is 4.11. The quantitative estimate of drug-likeness (QED) is 0.766. The molecule has 0 bridgehead atoms. The number of imide groups is 1. The highest BCUT2D eigenvalue weighted by Crippen LogP contribution is 2.17. The largest absolute Gasteiger partial charge is 0.353 e. The number of aryl methyl sites for hydroxylation is 1. The minimum absolute atomic E-state index is 0.0440. The summed E-state index contributed by atoms with van der Waals surface area (Å²) < 4.78 is 0. The van der Waals surface area contributed by atoms with E-state index in [1.54, 1.807) is 11.1 Å². The molecule has 2 fully saturated rings. The molecule has 2 aliphatic rings. The van der Waals surface area contributed by atoms with Gasteiger partial charge in [-0.05, 0) is 18.6 Å². The van der Waals surface area contributed by atoms with Crippen molar-refractivity contribution in [1.82, 2.24) is 20.1 Å². The summed E-state index contributed by atoms with van der Waals surface area (Å²) in [6.45, 7) is 4.49. The molecule has 4 amide bonds. The highest BCUT2D eigenvalue weighted by atomic mass is 16.2. The summed E-state index contributed by atoms with van der Waals surface area (Å²) in [6, 6.07) is 3.43. The van der Waals surface area contributed by atoms with Crippen LogP contribution in [-0.4, -0.2) is 71.9 Å². The predicted octanol–water partition coefficient (Wildman–Crippen LogP) is -0.410. The smallest absolute Gasteiger partial charge is 0.325 e. The Morgan fingerprint density at radius 1 is 1.26 bits per heavy atom. The summed E-state index contributed by atoms with van der Waals surface area (Å²) in [5.41, 5.74) is 1.11. The van der Waals surface area contributed by atoms with E-state index in [4.69, 9.17) is 0 Å². The number of hydrogen-bond donors (Lipinski definition) is 1. The molecule has 0 radical (unpaired) electrons. The summed E-state index contributed by atoms with van der Waals surface area (Å²) in [4.78, 5) is 44.4. The van der Waals surface area contributed by atoms with Crippen molar-refractivity contribution in [2.75, 3.05) is 44.2 Å². The van der Waals surface area contributed by atoms with E-state index in [1.165, 1.54) is 4.90 Å². The van der Waals surface area contributed by atoms with Gasteiger partial charge < -0.3 is 14.7 Å². The standard InChI is InChI=1S/C15H19N5O3/c1-11-3-2-4-16-14(11)19-7-5-18(6-8-19)13(22)10-20-9-12(21)17-15(20)23/h2-4H,5-10H2,1H3,(H,17,21,23). The third-order valence-corrected chi connectivity index (χ3v) is 4.11. The number of carbonyl (C=O) groups excluding carboxylic acids is 3. The number of amides is 4. The van der Waals surface area contributed by atoms with Gasteiger partial charge in [0.05, 0.1) is 0 Å². The van der Waals surface area contributed by atoms with E-state index in [9.17, 15) is 14.4 Å². The fraction of sp³-hybridized carbons (Fsp3) is 0.467. The molecule has 8 heteroatoms. The van der Waals surface area contributed by atoms with Crippen LogP contribution in [0.1, 0.15) is 5.56 Å². The van der Waals surface area contributed by atoms with E-state index in [0.29, 0.717) is 26.2 Å². The Bertz CT molecular complexity index is 640. The molecule has 0 aromatic carbocycles. The van der Waals surface area contributed by atoms with E-state index in [1.807, 2.05) is 19.1 Å². The van der Waals surface area contributed by atoms with Crippen molar-refractivity contribution in [3.63, 3.8) is 0 Å². The first kappa shape index (κ1) is 15.3. The van der Waals surface area contributed by atoms with Crippen LogP contribution in [0.25, 0.3) is 0 Å². The van der Waals surface area contributed by atoms with Gasteiger partial charge in [0, 0.05) is 32.4 Å². The molecule has 1 aromatic heterocycles. The third kappa shape index (κ3) is 3.25. The second kappa shape index (κ2) is 6.23. The summed E-state index contributed by atoms with van der Waals surface area (Å²) in [6.07, 6.45) is 1.77. The molecule has 2 saturated heterocycles. The first-order valence-corrected chi connectivity index (χ1v) is 7.57. The van der Waals surface area contributed by atoms with Gasteiger partial charge in [0.25, 0.3) is 0 Å². The second-order valence-electron chi connectivity index (χ2n) is 5.72. The van der Waals surface area contributed by atoms with Crippen LogP contribution in [0.3, 0.4) is 0 Å². The average molecular weight is 317 g/mol. The number of aromatic nitrogens is 1. The van der Waals surface area contributed by atoms with Gasteiger partial charge in [0.2, 0.25) is 11.8 Å². The van der Waals surface area contributed by atoms with Crippen molar-refractivity contribution in [2.45, 2.75) is 6.92 Å². The lowest BCUT2D eigenvalue weighted by atomic mass is 10.2. The summed E-state index contributed by atoms with van der Waals surface area (Å²) >= 11 is 0. The fourth-order valence-electron chi connectivity index (χ4n) is 2.85. The van der Waals surface area contributed by atoms with Crippen LogP contribution in [0.5, 0.6) is 0 Å². The average Bonchev–Trinajstić information content (AvgIpc) is 2.85. The molecular weight excluding hydrogens is 298 g/mol. The van der Waals surface area contributed by atoms with Crippen molar-refractivity contribution in [3.8, 4) is 0 Å². The van der Waals surface area contributed by atoms with Gasteiger partial charge in [-0.2, -0.15) is 0 Å². The number of nitrogens with zero attached hydrogens (tertiary/aromatic N) is 4. The molecule has 3 rings (SSSR count). The van der Waals surface area contributed by atoms with Gasteiger partial charge in [-0.15, -0.1) is 0 Å². The van der Waals surface area contributed by atoms with Gasteiger partial charge >= 0.3 is 6.03 Å². The number of pyridine rings is 1. The number of hydrogen-bond acceptors (Lipinski definition) is 5. The molecule has 0 saturated carbocycles. The zero-order valence-electron chi connectivity index (χ0n) is 13.0. The molecule has 1 N–H and O–H groups in total. The molecule has 122 valence electrons. The van der Waals surface area contributed by atoms with E-state index >= 15 is 0 Å². The second-order valence-corrected chi connectivity index (χ2v) is 5.72. The number of anilines is 1. The topological polar surface area (TPSA) is 85.8 Å². The summed E-state index contributed by atoms with van der Waals surface area (Å²) in [7, 11) is 0. The maximum absolute atomic E-state index is 12.3. The Hall–Kier alpha value is -2.64. The predicted molar refractivity (Wildman–Crippen MR) is 82.9 cm³/mol. The zero-order valence-corrected chi connectivity index (χ0v) is 13.0. The van der Waals surface area contributed by atoms with E-state index in [2.05, 4.69) is 15.2 Å². The first-order chi connectivity index (χ1) is 11.0. The van der Waals surface area contributed by atoms with Gasteiger partial charge in [0.1, 0.15) is 18.9 Å². The molecule has 2 aliphatic heterocycles. The number of urea groups is 1. The van der Waals surface area contributed by atoms with Gasteiger partial charge in [-0.3, -0.25) is 14.9 Å². The van der Waals surface area contributed by atoms with Crippen molar-refractivity contribution < 1.29 is 14.4 Å². The molecule has 23 heavy (non-hydrogen) atoms. The highest BCUT2D eigenvalue weighted by molar-refractivity contribution is 6.03. The molecule has 1 aromatic rings. The highest BCUT2D eigenvalue weighted by Gasteiger charge is 2.30. The minimum atomic E-state index is -0.494.